The molecule has 2 N–H and O–H groups in total. The lowest BCUT2D eigenvalue weighted by molar-refractivity contribution is 0.0693. The number of carboxylic acids is 1. The zero-order valence-electron chi connectivity index (χ0n) is 23.3. The van der Waals surface area contributed by atoms with Crippen LogP contribution in [0.3, 0.4) is 0 Å². The highest BCUT2D eigenvalue weighted by Gasteiger charge is 2.27. The minimum atomic E-state index is -1.06. The first kappa shape index (κ1) is 26.3. The SMILES string of the molecule is CCc1cc(CC2CCc3cccc(-c4cccc(-n5ncc(C(=O)O)c5OC)c4)c32)ccc1C1CCNCC1. The van der Waals surface area contributed by atoms with Gasteiger partial charge >= 0.3 is 5.97 Å². The Balaban J connectivity index is 1.31. The van der Waals surface area contributed by atoms with E-state index >= 15 is 0 Å². The maximum Gasteiger partial charge on any atom is 0.342 e. The normalized spacial score (nSPS) is 17.1. The van der Waals surface area contributed by atoms with E-state index in [0.29, 0.717) is 11.8 Å². The molecule has 1 aliphatic carbocycles. The Morgan fingerprint density at radius 3 is 2.67 bits per heavy atom. The van der Waals surface area contributed by atoms with Crippen molar-refractivity contribution in [3.05, 3.63) is 100 Å². The van der Waals surface area contributed by atoms with E-state index in [4.69, 9.17) is 4.74 Å². The highest BCUT2D eigenvalue weighted by molar-refractivity contribution is 5.90. The summed E-state index contributed by atoms with van der Waals surface area (Å²) >= 11 is 0. The molecule has 3 aromatic carbocycles. The van der Waals surface area contributed by atoms with E-state index in [9.17, 15) is 9.90 Å². The van der Waals surface area contributed by atoms with Crippen molar-refractivity contribution >= 4 is 5.97 Å². The second-order valence-electron chi connectivity index (χ2n) is 11.1. The van der Waals surface area contributed by atoms with E-state index in [1.165, 1.54) is 54.0 Å². The lowest BCUT2D eigenvalue weighted by Gasteiger charge is -2.26. The van der Waals surface area contributed by atoms with Crippen molar-refractivity contribution in [3.8, 4) is 22.7 Å². The summed E-state index contributed by atoms with van der Waals surface area (Å²) in [7, 11) is 1.47. The molecule has 1 unspecified atom stereocenters. The fourth-order valence-corrected chi connectivity index (χ4v) is 6.82. The molecule has 0 saturated carbocycles. The number of ether oxygens (including phenoxy) is 1. The van der Waals surface area contributed by atoms with E-state index in [-0.39, 0.29) is 11.4 Å². The molecule has 40 heavy (non-hydrogen) atoms. The first-order chi connectivity index (χ1) is 19.6. The number of hydrogen-bond acceptors (Lipinski definition) is 4. The molecule has 0 amide bonds. The summed E-state index contributed by atoms with van der Waals surface area (Å²) in [6, 6.07) is 22.1. The van der Waals surface area contributed by atoms with E-state index in [1.54, 1.807) is 10.2 Å². The summed E-state index contributed by atoms with van der Waals surface area (Å²) in [4.78, 5) is 11.6. The molecule has 1 aliphatic heterocycles. The summed E-state index contributed by atoms with van der Waals surface area (Å²) in [5.41, 5.74) is 10.5. The van der Waals surface area contributed by atoms with Crippen LogP contribution in [-0.2, 0) is 19.3 Å². The van der Waals surface area contributed by atoms with Crippen molar-refractivity contribution in [1.82, 2.24) is 15.1 Å². The Morgan fingerprint density at radius 1 is 1.07 bits per heavy atom. The third kappa shape index (κ3) is 4.92. The molecule has 4 aromatic rings. The van der Waals surface area contributed by atoms with Crippen LogP contribution in [0, 0.1) is 0 Å². The predicted octanol–water partition coefficient (Wildman–Crippen LogP) is 6.55. The minimum absolute atomic E-state index is 0.0474. The number of carbonyl (C=O) groups is 1. The van der Waals surface area contributed by atoms with E-state index in [2.05, 4.69) is 65.9 Å². The first-order valence-electron chi connectivity index (χ1n) is 14.5. The molecule has 1 aromatic heterocycles. The number of hydrogen-bond donors (Lipinski definition) is 2. The monoisotopic (exact) mass is 535 g/mol. The lowest BCUT2D eigenvalue weighted by atomic mass is 9.83. The number of methoxy groups -OCH3 is 1. The number of aryl methyl sites for hydroxylation is 2. The number of nitrogens with zero attached hydrogens (tertiary/aromatic N) is 2. The summed E-state index contributed by atoms with van der Waals surface area (Å²) in [5.74, 6) is 0.303. The Morgan fingerprint density at radius 2 is 1.90 bits per heavy atom. The third-order valence-electron chi connectivity index (χ3n) is 8.77. The highest BCUT2D eigenvalue weighted by Crippen LogP contribution is 2.42. The van der Waals surface area contributed by atoms with E-state index in [0.717, 1.165) is 50.0 Å². The van der Waals surface area contributed by atoms with Crippen LogP contribution in [-0.4, -0.2) is 41.1 Å². The van der Waals surface area contributed by atoms with Crippen LogP contribution in [0.2, 0.25) is 0 Å². The maximum atomic E-state index is 11.6. The second-order valence-corrected chi connectivity index (χ2v) is 11.1. The van der Waals surface area contributed by atoms with Gasteiger partial charge in [0.1, 0.15) is 5.56 Å². The number of piperidine rings is 1. The number of benzene rings is 3. The maximum absolute atomic E-state index is 11.6. The highest BCUT2D eigenvalue weighted by atomic mass is 16.5. The average molecular weight is 536 g/mol. The van der Waals surface area contributed by atoms with Gasteiger partial charge in [0.05, 0.1) is 19.0 Å². The molecule has 2 aliphatic rings. The average Bonchev–Trinajstić information content (AvgIpc) is 3.62. The topological polar surface area (TPSA) is 76.4 Å². The van der Waals surface area contributed by atoms with Crippen LogP contribution in [0.1, 0.15) is 76.2 Å². The molecule has 0 radical (unpaired) electrons. The number of nitrogens with one attached hydrogen (secondary N) is 1. The van der Waals surface area contributed by atoms with E-state index in [1.807, 2.05) is 12.1 Å². The molecule has 1 saturated heterocycles. The quantitative estimate of drug-likeness (QED) is 0.268. The van der Waals surface area contributed by atoms with Gasteiger partial charge in [0, 0.05) is 0 Å². The molecule has 1 fully saturated rings. The molecular formula is C34H37N3O3. The van der Waals surface area contributed by atoms with Gasteiger partial charge in [-0.05, 0) is 115 Å². The molecule has 2 heterocycles. The largest absolute Gasteiger partial charge is 0.480 e. The van der Waals surface area contributed by atoms with Crippen molar-refractivity contribution in [3.63, 3.8) is 0 Å². The first-order valence-corrected chi connectivity index (χ1v) is 14.5. The van der Waals surface area contributed by atoms with Crippen LogP contribution in [0.15, 0.2) is 66.9 Å². The fourth-order valence-electron chi connectivity index (χ4n) is 6.82. The standard InChI is InChI=1S/C34H37N3O3/c1-3-23-18-22(10-13-29(23)24-14-16-35-17-15-24)19-27-12-11-25-6-5-9-30(32(25)27)26-7-4-8-28(20-26)37-33(40-2)31(21-36-37)34(38)39/h4-10,13,18,20-21,24,27,35H,3,11-12,14-17,19H2,1-2H3,(H,38,39). The molecule has 1 atom stereocenters. The Labute approximate surface area is 236 Å². The zero-order chi connectivity index (χ0) is 27.6. The van der Waals surface area contributed by atoms with Crippen LogP contribution in [0.4, 0.5) is 0 Å². The Hall–Kier alpha value is -3.90. The summed E-state index contributed by atoms with van der Waals surface area (Å²) in [5, 5.41) is 17.3. The Kier molecular flexibility index (Phi) is 7.44. The predicted molar refractivity (Wildman–Crippen MR) is 158 cm³/mol. The van der Waals surface area contributed by atoms with Gasteiger partial charge in [-0.1, -0.05) is 55.5 Å². The Bertz CT molecular complexity index is 1530. The lowest BCUT2D eigenvalue weighted by Crippen LogP contribution is -2.27. The van der Waals surface area contributed by atoms with Crippen LogP contribution >= 0.6 is 0 Å². The minimum Gasteiger partial charge on any atom is -0.480 e. The van der Waals surface area contributed by atoms with Crippen molar-refractivity contribution in [2.24, 2.45) is 0 Å². The van der Waals surface area contributed by atoms with Crippen molar-refractivity contribution < 1.29 is 14.6 Å². The van der Waals surface area contributed by atoms with Gasteiger partial charge < -0.3 is 15.2 Å². The molecule has 206 valence electrons. The van der Waals surface area contributed by atoms with Gasteiger partial charge in [-0.2, -0.15) is 5.10 Å². The molecule has 0 spiro atoms. The van der Waals surface area contributed by atoms with Crippen molar-refractivity contribution in [2.45, 2.75) is 57.3 Å². The van der Waals surface area contributed by atoms with Gasteiger partial charge in [0.25, 0.3) is 0 Å². The summed E-state index contributed by atoms with van der Waals surface area (Å²) < 4.78 is 6.98. The van der Waals surface area contributed by atoms with Gasteiger partial charge in [-0.3, -0.25) is 0 Å². The molecular weight excluding hydrogens is 498 g/mol. The number of carboxylic acid groups (broad SMARTS) is 1. The number of rotatable bonds is 8. The van der Waals surface area contributed by atoms with Gasteiger partial charge in [-0.25, -0.2) is 9.48 Å². The zero-order valence-corrected chi connectivity index (χ0v) is 23.3. The fraction of sp³-hybridized carbons (Fsp3) is 0.353. The molecule has 6 heteroatoms. The van der Waals surface area contributed by atoms with Gasteiger partial charge in [0.2, 0.25) is 5.88 Å². The van der Waals surface area contributed by atoms with Crippen molar-refractivity contribution in [2.75, 3.05) is 20.2 Å². The summed E-state index contributed by atoms with van der Waals surface area (Å²) in [6.07, 6.45) is 8.16. The third-order valence-corrected chi connectivity index (χ3v) is 8.77. The smallest absolute Gasteiger partial charge is 0.342 e. The van der Waals surface area contributed by atoms with E-state index < -0.39 is 5.97 Å². The number of aromatic nitrogens is 2. The second kappa shape index (κ2) is 11.3. The van der Waals surface area contributed by atoms with Crippen molar-refractivity contribution in [1.29, 1.82) is 0 Å². The van der Waals surface area contributed by atoms with Crippen LogP contribution in [0.25, 0.3) is 16.8 Å². The molecule has 6 nitrogen and oxygen atoms in total. The van der Waals surface area contributed by atoms with Crippen LogP contribution in [0.5, 0.6) is 5.88 Å². The number of aromatic carboxylic acids is 1. The molecule has 0 bridgehead atoms. The van der Waals surface area contributed by atoms with Gasteiger partial charge in [-0.15, -0.1) is 0 Å². The van der Waals surface area contributed by atoms with Crippen LogP contribution < -0.4 is 10.1 Å². The number of fused-ring (bicyclic) bond motifs is 1. The summed E-state index contributed by atoms with van der Waals surface area (Å²) in [6.45, 7) is 4.52. The molecule has 6 rings (SSSR count). The van der Waals surface area contributed by atoms with Gasteiger partial charge in [0.15, 0.2) is 0 Å².